The summed E-state index contributed by atoms with van der Waals surface area (Å²) in [7, 11) is 1.93. The molecule has 0 aromatic carbocycles. The maximum atomic E-state index is 9.07. The van der Waals surface area contributed by atoms with Crippen molar-refractivity contribution in [3.8, 4) is 11.3 Å². The van der Waals surface area contributed by atoms with E-state index < -0.39 is 0 Å². The molecule has 0 amide bonds. The van der Waals surface area contributed by atoms with Crippen molar-refractivity contribution >= 4 is 0 Å². The molecule has 114 valence electrons. The van der Waals surface area contributed by atoms with Crippen LogP contribution in [0, 0.1) is 5.41 Å². The predicted molar refractivity (Wildman–Crippen MR) is 83.6 cm³/mol. The van der Waals surface area contributed by atoms with E-state index in [2.05, 4.69) is 29.2 Å². The first-order valence-electron chi connectivity index (χ1n) is 7.26. The van der Waals surface area contributed by atoms with Gasteiger partial charge >= 0.3 is 0 Å². The fraction of sp³-hybridized carbons (Fsp3) is 0.500. The summed E-state index contributed by atoms with van der Waals surface area (Å²) in [5.74, 6) is 0. The first-order chi connectivity index (χ1) is 10.0. The molecule has 0 radical (unpaired) electrons. The van der Waals surface area contributed by atoms with Crippen molar-refractivity contribution in [1.29, 1.82) is 0 Å². The maximum absolute atomic E-state index is 9.07. The number of aromatic nitrogens is 3. The van der Waals surface area contributed by atoms with Crippen LogP contribution in [-0.2, 0) is 13.6 Å². The molecule has 2 N–H and O–H groups in total. The summed E-state index contributed by atoms with van der Waals surface area (Å²) in [5, 5.41) is 17.1. The number of aryl methyl sites for hydroxylation is 1. The lowest BCUT2D eigenvalue weighted by molar-refractivity contribution is 0.207. The highest BCUT2D eigenvalue weighted by atomic mass is 16.3. The van der Waals surface area contributed by atoms with Gasteiger partial charge in [0.05, 0.1) is 5.69 Å². The van der Waals surface area contributed by atoms with Gasteiger partial charge in [-0.15, -0.1) is 0 Å². The van der Waals surface area contributed by atoms with Gasteiger partial charge in [-0.25, -0.2) is 0 Å². The molecule has 21 heavy (non-hydrogen) atoms. The average Bonchev–Trinajstić information content (AvgIpc) is 2.80. The van der Waals surface area contributed by atoms with Crippen LogP contribution >= 0.6 is 0 Å². The highest BCUT2D eigenvalue weighted by molar-refractivity contribution is 5.61. The number of nitrogens with one attached hydrogen (secondary N) is 1. The smallest absolute Gasteiger partial charge is 0.0983 e. The van der Waals surface area contributed by atoms with Gasteiger partial charge in [0.15, 0.2) is 0 Å². The lowest BCUT2D eigenvalue weighted by Crippen LogP contribution is -2.29. The monoisotopic (exact) mass is 288 g/mol. The molecule has 2 aromatic rings. The summed E-state index contributed by atoms with van der Waals surface area (Å²) < 4.78 is 1.83. The Morgan fingerprint density at radius 1 is 1.38 bits per heavy atom. The molecule has 0 aliphatic carbocycles. The summed E-state index contributed by atoms with van der Waals surface area (Å²) in [4.78, 5) is 4.16. The number of aliphatic hydroxyl groups is 1. The number of nitrogens with zero attached hydrogens (tertiary/aromatic N) is 3. The first kappa shape index (κ1) is 15.7. The van der Waals surface area contributed by atoms with E-state index in [1.165, 1.54) is 0 Å². The van der Waals surface area contributed by atoms with Gasteiger partial charge in [-0.05, 0) is 24.0 Å². The summed E-state index contributed by atoms with van der Waals surface area (Å²) in [6.45, 7) is 6.15. The SMILES string of the molecule is Cn1cc(CNCC(C)(C)CCO)c(-c2cccnc2)n1. The molecule has 0 atom stereocenters. The quantitative estimate of drug-likeness (QED) is 0.818. The topological polar surface area (TPSA) is 63.0 Å². The van der Waals surface area contributed by atoms with Crippen molar-refractivity contribution in [1.82, 2.24) is 20.1 Å². The van der Waals surface area contributed by atoms with E-state index in [0.717, 1.165) is 36.3 Å². The Morgan fingerprint density at radius 3 is 2.86 bits per heavy atom. The van der Waals surface area contributed by atoms with Crippen LogP contribution in [0.1, 0.15) is 25.8 Å². The summed E-state index contributed by atoms with van der Waals surface area (Å²) in [6.07, 6.45) is 6.43. The zero-order valence-corrected chi connectivity index (χ0v) is 13.0. The van der Waals surface area contributed by atoms with E-state index >= 15 is 0 Å². The summed E-state index contributed by atoms with van der Waals surface area (Å²) >= 11 is 0. The highest BCUT2D eigenvalue weighted by Gasteiger charge is 2.17. The van der Waals surface area contributed by atoms with Crippen LogP contribution in [0.4, 0.5) is 0 Å². The van der Waals surface area contributed by atoms with Gasteiger partial charge in [-0.2, -0.15) is 5.10 Å². The standard InChI is InChI=1S/C16H24N4O/c1-16(2,6-8-21)12-18-10-14-11-20(3)19-15(14)13-5-4-7-17-9-13/h4-5,7,9,11,18,21H,6,8,10,12H2,1-3H3. The molecule has 0 aliphatic rings. The van der Waals surface area contributed by atoms with E-state index in [1.54, 1.807) is 6.20 Å². The van der Waals surface area contributed by atoms with Crippen molar-refractivity contribution in [3.05, 3.63) is 36.3 Å². The molecule has 5 heteroatoms. The zero-order chi connectivity index (χ0) is 15.3. The minimum atomic E-state index is 0.0887. The number of pyridine rings is 1. The zero-order valence-electron chi connectivity index (χ0n) is 13.0. The third-order valence-electron chi connectivity index (χ3n) is 3.55. The molecule has 2 rings (SSSR count). The Hall–Kier alpha value is -1.72. The fourth-order valence-corrected chi connectivity index (χ4v) is 2.34. The molecule has 0 aliphatic heterocycles. The molecule has 0 fully saturated rings. The Kier molecular flexibility index (Phi) is 5.09. The molecule has 0 saturated carbocycles. The predicted octanol–water partition coefficient (Wildman–Crippen LogP) is 1.98. The lowest BCUT2D eigenvalue weighted by Gasteiger charge is -2.23. The van der Waals surface area contributed by atoms with Gasteiger partial charge in [0.1, 0.15) is 0 Å². The second-order valence-corrected chi connectivity index (χ2v) is 6.16. The first-order valence-corrected chi connectivity index (χ1v) is 7.26. The molecule has 2 aromatic heterocycles. The second kappa shape index (κ2) is 6.83. The molecule has 0 bridgehead atoms. The van der Waals surface area contributed by atoms with Crippen LogP contribution in [0.5, 0.6) is 0 Å². The number of hydrogen-bond donors (Lipinski definition) is 2. The molecular formula is C16H24N4O. The molecule has 2 heterocycles. The Morgan fingerprint density at radius 2 is 2.19 bits per heavy atom. The third kappa shape index (κ3) is 4.37. The van der Waals surface area contributed by atoms with Crippen LogP contribution in [0.15, 0.2) is 30.7 Å². The fourth-order valence-electron chi connectivity index (χ4n) is 2.34. The number of hydrogen-bond acceptors (Lipinski definition) is 4. The van der Waals surface area contributed by atoms with Gasteiger partial charge in [0.25, 0.3) is 0 Å². The summed E-state index contributed by atoms with van der Waals surface area (Å²) in [5.41, 5.74) is 3.25. The van der Waals surface area contributed by atoms with Crippen LogP contribution in [0.25, 0.3) is 11.3 Å². The van der Waals surface area contributed by atoms with Gasteiger partial charge in [0.2, 0.25) is 0 Å². The molecule has 0 unspecified atom stereocenters. The van der Waals surface area contributed by atoms with E-state index in [1.807, 2.05) is 36.3 Å². The van der Waals surface area contributed by atoms with Crippen molar-refractivity contribution in [2.45, 2.75) is 26.8 Å². The van der Waals surface area contributed by atoms with E-state index in [4.69, 9.17) is 5.11 Å². The molecule has 5 nitrogen and oxygen atoms in total. The van der Waals surface area contributed by atoms with Crippen molar-refractivity contribution in [2.75, 3.05) is 13.2 Å². The largest absolute Gasteiger partial charge is 0.396 e. The average molecular weight is 288 g/mol. The van der Waals surface area contributed by atoms with Crippen LogP contribution < -0.4 is 5.32 Å². The van der Waals surface area contributed by atoms with Crippen LogP contribution in [-0.4, -0.2) is 33.0 Å². The van der Waals surface area contributed by atoms with Crippen molar-refractivity contribution in [2.24, 2.45) is 12.5 Å². The number of aliphatic hydroxyl groups excluding tert-OH is 1. The highest BCUT2D eigenvalue weighted by Crippen LogP contribution is 2.22. The van der Waals surface area contributed by atoms with E-state index in [-0.39, 0.29) is 12.0 Å². The minimum absolute atomic E-state index is 0.0887. The maximum Gasteiger partial charge on any atom is 0.0983 e. The van der Waals surface area contributed by atoms with Gasteiger partial charge < -0.3 is 10.4 Å². The normalized spacial score (nSPS) is 11.8. The van der Waals surface area contributed by atoms with Crippen LogP contribution in [0.3, 0.4) is 0 Å². The molecule has 0 saturated heterocycles. The third-order valence-corrected chi connectivity index (χ3v) is 3.55. The molecular weight excluding hydrogens is 264 g/mol. The van der Waals surface area contributed by atoms with E-state index in [9.17, 15) is 0 Å². The Balaban J connectivity index is 2.04. The van der Waals surface area contributed by atoms with Crippen molar-refractivity contribution in [3.63, 3.8) is 0 Å². The van der Waals surface area contributed by atoms with E-state index in [0.29, 0.717) is 0 Å². The van der Waals surface area contributed by atoms with Gasteiger partial charge in [0, 0.05) is 56.5 Å². The van der Waals surface area contributed by atoms with Gasteiger partial charge in [-0.3, -0.25) is 9.67 Å². The van der Waals surface area contributed by atoms with Crippen molar-refractivity contribution < 1.29 is 5.11 Å². The Bertz CT molecular complexity index is 563. The Labute approximate surface area is 126 Å². The second-order valence-electron chi connectivity index (χ2n) is 6.16. The molecule has 0 spiro atoms. The van der Waals surface area contributed by atoms with Gasteiger partial charge in [-0.1, -0.05) is 13.8 Å². The summed E-state index contributed by atoms with van der Waals surface area (Å²) in [6, 6.07) is 3.94. The lowest BCUT2D eigenvalue weighted by atomic mass is 9.90. The van der Waals surface area contributed by atoms with Crippen LogP contribution in [0.2, 0.25) is 0 Å². The number of rotatable bonds is 7. The minimum Gasteiger partial charge on any atom is -0.396 e.